The second-order valence-electron chi connectivity index (χ2n) is 1.70. The molecule has 0 saturated carbocycles. The van der Waals surface area contributed by atoms with Gasteiger partial charge >= 0.3 is 5.97 Å². The smallest absolute Gasteiger partial charge is 0.335 e. The summed E-state index contributed by atoms with van der Waals surface area (Å²) in [6.07, 6.45) is -0.684. The van der Waals surface area contributed by atoms with Crippen LogP contribution in [0.4, 0.5) is 0 Å². The number of esters is 1. The van der Waals surface area contributed by atoms with Crippen molar-refractivity contribution >= 4 is 35.3 Å². The van der Waals surface area contributed by atoms with Gasteiger partial charge in [-0.1, -0.05) is 0 Å². The van der Waals surface area contributed by atoms with Gasteiger partial charge in [-0.2, -0.15) is 0 Å². The standard InChI is InChI=1S/C5H9Cl2O3P/c1-3-9-5(8)4(2)10-11(6)7/h4H,3H2,1-2H3/t4-/m0/s1. The van der Waals surface area contributed by atoms with Crippen LogP contribution in [0.2, 0.25) is 0 Å². The second-order valence-corrected chi connectivity index (χ2v) is 4.68. The Bertz CT molecular complexity index is 131. The van der Waals surface area contributed by atoms with Crippen LogP contribution in [0.5, 0.6) is 0 Å². The van der Waals surface area contributed by atoms with E-state index < -0.39 is 18.9 Å². The summed E-state index contributed by atoms with van der Waals surface area (Å²) in [4.78, 5) is 10.8. The van der Waals surface area contributed by atoms with Gasteiger partial charge in [0.2, 0.25) is 6.85 Å². The van der Waals surface area contributed by atoms with E-state index in [9.17, 15) is 4.79 Å². The topological polar surface area (TPSA) is 35.5 Å². The SMILES string of the molecule is CCOC(=O)[C@H](C)OP(Cl)Cl. The molecule has 11 heavy (non-hydrogen) atoms. The highest BCUT2D eigenvalue weighted by atomic mass is 35.9. The van der Waals surface area contributed by atoms with Crippen molar-refractivity contribution < 1.29 is 14.1 Å². The molecular weight excluding hydrogens is 210 g/mol. The number of hydrogen-bond donors (Lipinski definition) is 0. The third kappa shape index (κ3) is 5.68. The molecule has 0 amide bonds. The minimum atomic E-state index is -1.54. The maximum absolute atomic E-state index is 10.8. The first-order valence-corrected chi connectivity index (χ1v) is 6.10. The summed E-state index contributed by atoms with van der Waals surface area (Å²) in [5, 5.41) is 0. The lowest BCUT2D eigenvalue weighted by Gasteiger charge is -2.10. The number of ether oxygens (including phenoxy) is 1. The monoisotopic (exact) mass is 218 g/mol. The predicted octanol–water partition coefficient (Wildman–Crippen LogP) is 2.66. The van der Waals surface area contributed by atoms with Crippen LogP contribution in [0.1, 0.15) is 13.8 Å². The molecule has 0 aliphatic carbocycles. The van der Waals surface area contributed by atoms with Gasteiger partial charge in [0, 0.05) is 0 Å². The highest BCUT2D eigenvalue weighted by Gasteiger charge is 2.17. The van der Waals surface area contributed by atoms with Gasteiger partial charge in [0.25, 0.3) is 0 Å². The molecule has 0 aromatic rings. The van der Waals surface area contributed by atoms with Crippen molar-refractivity contribution in [1.29, 1.82) is 0 Å². The number of carbonyl (C=O) groups excluding carboxylic acids is 1. The average molecular weight is 219 g/mol. The van der Waals surface area contributed by atoms with Crippen molar-refractivity contribution in [3.63, 3.8) is 0 Å². The molecule has 0 spiro atoms. The Hall–Kier alpha value is 0.440. The zero-order chi connectivity index (χ0) is 8.85. The van der Waals surface area contributed by atoms with Gasteiger partial charge in [-0.25, -0.2) is 4.79 Å². The van der Waals surface area contributed by atoms with Crippen LogP contribution < -0.4 is 0 Å². The molecule has 1 atom stereocenters. The molecule has 66 valence electrons. The number of rotatable bonds is 4. The van der Waals surface area contributed by atoms with Crippen LogP contribution in [0.3, 0.4) is 0 Å². The molecule has 0 aliphatic rings. The van der Waals surface area contributed by atoms with Crippen LogP contribution in [-0.2, 0) is 14.1 Å². The van der Waals surface area contributed by atoms with Gasteiger partial charge in [0.1, 0.15) is 0 Å². The zero-order valence-corrected chi connectivity index (χ0v) is 8.62. The van der Waals surface area contributed by atoms with Crippen LogP contribution in [0.15, 0.2) is 0 Å². The minimum absolute atomic E-state index is 0.328. The summed E-state index contributed by atoms with van der Waals surface area (Å²) in [6, 6.07) is 0. The highest BCUT2D eigenvalue weighted by molar-refractivity contribution is 8.00. The summed E-state index contributed by atoms with van der Waals surface area (Å²) in [5.74, 6) is -0.443. The van der Waals surface area contributed by atoms with E-state index in [1.165, 1.54) is 6.92 Å². The van der Waals surface area contributed by atoms with Crippen molar-refractivity contribution in [3.05, 3.63) is 0 Å². The van der Waals surface area contributed by atoms with Crippen molar-refractivity contribution in [3.8, 4) is 0 Å². The molecule has 0 aliphatic heterocycles. The molecule has 0 aromatic carbocycles. The van der Waals surface area contributed by atoms with Gasteiger partial charge in [0.15, 0.2) is 6.10 Å². The molecule has 0 bridgehead atoms. The van der Waals surface area contributed by atoms with Crippen LogP contribution in [-0.4, -0.2) is 18.7 Å². The van der Waals surface area contributed by atoms with Gasteiger partial charge < -0.3 is 9.26 Å². The highest BCUT2D eigenvalue weighted by Crippen LogP contribution is 2.48. The Morgan fingerprint density at radius 1 is 1.64 bits per heavy atom. The zero-order valence-electron chi connectivity index (χ0n) is 6.21. The van der Waals surface area contributed by atoms with Crippen molar-refractivity contribution in [2.24, 2.45) is 0 Å². The fourth-order valence-electron chi connectivity index (χ4n) is 0.422. The van der Waals surface area contributed by atoms with E-state index in [0.717, 1.165) is 0 Å². The lowest BCUT2D eigenvalue weighted by molar-refractivity contribution is -0.150. The first-order valence-electron chi connectivity index (χ1n) is 3.03. The molecule has 0 saturated heterocycles. The molecule has 0 fully saturated rings. The summed E-state index contributed by atoms with van der Waals surface area (Å²) in [7, 11) is 0. The summed E-state index contributed by atoms with van der Waals surface area (Å²) < 4.78 is 9.42. The fraction of sp³-hybridized carbons (Fsp3) is 0.800. The first kappa shape index (κ1) is 11.4. The van der Waals surface area contributed by atoms with E-state index >= 15 is 0 Å². The molecule has 0 N–H and O–H groups in total. The van der Waals surface area contributed by atoms with E-state index in [-0.39, 0.29) is 0 Å². The molecule has 0 heterocycles. The van der Waals surface area contributed by atoms with E-state index in [4.69, 9.17) is 27.0 Å². The summed E-state index contributed by atoms with van der Waals surface area (Å²) >= 11 is 10.6. The number of halogens is 2. The fourth-order valence-corrected chi connectivity index (χ4v) is 1.46. The molecule has 0 radical (unpaired) electrons. The lowest BCUT2D eigenvalue weighted by atomic mass is 10.4. The quantitative estimate of drug-likeness (QED) is 0.538. The summed E-state index contributed by atoms with van der Waals surface area (Å²) in [6.45, 7) is 2.05. The second kappa shape index (κ2) is 6.01. The average Bonchev–Trinajstić information content (AvgIpc) is 1.86. The van der Waals surface area contributed by atoms with Crippen molar-refractivity contribution in [2.45, 2.75) is 20.0 Å². The third-order valence-electron chi connectivity index (χ3n) is 0.856. The van der Waals surface area contributed by atoms with Crippen LogP contribution >= 0.6 is 29.3 Å². The largest absolute Gasteiger partial charge is 0.464 e. The Morgan fingerprint density at radius 2 is 2.18 bits per heavy atom. The van der Waals surface area contributed by atoms with Gasteiger partial charge in [-0.15, -0.1) is 0 Å². The van der Waals surface area contributed by atoms with Gasteiger partial charge in [0.05, 0.1) is 6.61 Å². The Balaban J connectivity index is 3.64. The molecule has 0 aromatic heterocycles. The predicted molar refractivity (Wildman–Crippen MR) is 45.8 cm³/mol. The molecule has 0 unspecified atom stereocenters. The summed E-state index contributed by atoms with van der Waals surface area (Å²) in [5.41, 5.74) is 0. The van der Waals surface area contributed by atoms with Crippen molar-refractivity contribution in [2.75, 3.05) is 6.61 Å². The van der Waals surface area contributed by atoms with Gasteiger partial charge in [-0.3, -0.25) is 0 Å². The molecule has 0 rings (SSSR count). The van der Waals surface area contributed by atoms with E-state index in [1.807, 2.05) is 0 Å². The number of carbonyl (C=O) groups is 1. The van der Waals surface area contributed by atoms with Crippen molar-refractivity contribution in [1.82, 2.24) is 0 Å². The lowest BCUT2D eigenvalue weighted by Crippen LogP contribution is -2.20. The van der Waals surface area contributed by atoms with E-state index in [1.54, 1.807) is 6.92 Å². The Labute approximate surface area is 76.4 Å². The normalized spacial score (nSPS) is 13.2. The minimum Gasteiger partial charge on any atom is -0.464 e. The Kier molecular flexibility index (Phi) is 6.25. The maximum Gasteiger partial charge on any atom is 0.335 e. The molecule has 3 nitrogen and oxygen atoms in total. The number of hydrogen-bond acceptors (Lipinski definition) is 3. The van der Waals surface area contributed by atoms with Gasteiger partial charge in [-0.05, 0) is 36.3 Å². The molecule has 6 heteroatoms. The first-order chi connectivity index (χ1) is 5.07. The van der Waals surface area contributed by atoms with E-state index in [0.29, 0.717) is 6.61 Å². The molecular formula is C5H9Cl2O3P. The van der Waals surface area contributed by atoms with Crippen LogP contribution in [0.25, 0.3) is 0 Å². The Morgan fingerprint density at radius 3 is 2.55 bits per heavy atom. The maximum atomic E-state index is 10.8. The van der Waals surface area contributed by atoms with E-state index in [2.05, 4.69) is 4.74 Å². The third-order valence-corrected chi connectivity index (χ3v) is 1.81. The van der Waals surface area contributed by atoms with Crippen LogP contribution in [0, 0.1) is 0 Å².